The molecule has 3 fully saturated rings. The number of carbonyl (C=O) groups is 1. The molecule has 0 spiro atoms. The summed E-state index contributed by atoms with van der Waals surface area (Å²) in [5.41, 5.74) is 1.75. The van der Waals surface area contributed by atoms with E-state index in [9.17, 15) is 18.5 Å². The summed E-state index contributed by atoms with van der Waals surface area (Å²) < 4.78 is 30.7. The van der Waals surface area contributed by atoms with Crippen molar-refractivity contribution in [3.05, 3.63) is 84.7 Å². The number of nitrogens with zero attached hydrogens (tertiary/aromatic N) is 4. The fourth-order valence-electron chi connectivity index (χ4n) is 8.79. The first-order valence-electron chi connectivity index (χ1n) is 17.6. The SMILES string of the molecule is COC(=O)CCCC[C@H]1CCC[C@@H]1C(C#N)(c1ccccc1)C1CCN(CC2CN(c3ccc(S(=O)(=O)c4ccncc4)cc3)C2)CC1. The molecule has 8 nitrogen and oxygen atoms in total. The highest BCUT2D eigenvalue weighted by molar-refractivity contribution is 7.91. The van der Waals surface area contributed by atoms with E-state index in [4.69, 9.17) is 4.74 Å². The van der Waals surface area contributed by atoms with Gasteiger partial charge in [-0.2, -0.15) is 5.26 Å². The first-order valence-corrected chi connectivity index (χ1v) is 19.1. The molecule has 9 heteroatoms. The lowest BCUT2D eigenvalue weighted by Gasteiger charge is -2.48. The molecular weight excluding hydrogens is 621 g/mol. The highest BCUT2D eigenvalue weighted by atomic mass is 32.2. The smallest absolute Gasteiger partial charge is 0.305 e. The average Bonchev–Trinajstić information content (AvgIpc) is 3.59. The molecule has 2 aromatic carbocycles. The number of unbranched alkanes of at least 4 members (excludes halogenated alkanes) is 1. The van der Waals surface area contributed by atoms with Gasteiger partial charge in [0.25, 0.3) is 0 Å². The monoisotopic (exact) mass is 668 g/mol. The van der Waals surface area contributed by atoms with Crippen LogP contribution < -0.4 is 4.90 Å². The number of methoxy groups -OCH3 is 1. The number of hydrogen-bond acceptors (Lipinski definition) is 8. The van der Waals surface area contributed by atoms with Crippen molar-refractivity contribution in [3.8, 4) is 6.07 Å². The lowest BCUT2D eigenvalue weighted by Crippen LogP contribution is -2.54. The fraction of sp³-hybridized carbons (Fsp3) is 0.513. The van der Waals surface area contributed by atoms with Crippen molar-refractivity contribution in [2.24, 2.45) is 23.7 Å². The van der Waals surface area contributed by atoms with Gasteiger partial charge in [0.15, 0.2) is 0 Å². The van der Waals surface area contributed by atoms with Crippen LogP contribution in [0.4, 0.5) is 5.69 Å². The summed E-state index contributed by atoms with van der Waals surface area (Å²) in [6.45, 7) is 4.99. The molecule has 3 atom stereocenters. The maximum absolute atomic E-state index is 13.0. The van der Waals surface area contributed by atoms with Crippen LogP contribution >= 0.6 is 0 Å². The number of piperidine rings is 1. The summed E-state index contributed by atoms with van der Waals surface area (Å²) in [6.07, 6.45) is 11.9. The van der Waals surface area contributed by atoms with Gasteiger partial charge in [-0.15, -0.1) is 0 Å². The molecule has 48 heavy (non-hydrogen) atoms. The average molecular weight is 669 g/mol. The normalized spacial score (nSPS) is 22.0. The molecule has 0 radical (unpaired) electrons. The van der Waals surface area contributed by atoms with Crippen LogP contribution in [0.3, 0.4) is 0 Å². The van der Waals surface area contributed by atoms with Crippen LogP contribution in [0.1, 0.15) is 63.4 Å². The molecule has 3 heterocycles. The van der Waals surface area contributed by atoms with Crippen LogP contribution in [0.5, 0.6) is 0 Å². The lowest BCUT2D eigenvalue weighted by molar-refractivity contribution is -0.140. The van der Waals surface area contributed by atoms with Crippen molar-refractivity contribution in [1.82, 2.24) is 9.88 Å². The Balaban J connectivity index is 1.05. The maximum atomic E-state index is 13.0. The molecule has 3 aliphatic rings. The van der Waals surface area contributed by atoms with Crippen molar-refractivity contribution < 1.29 is 17.9 Å². The molecule has 254 valence electrons. The molecule has 2 saturated heterocycles. The highest BCUT2D eigenvalue weighted by Crippen LogP contribution is 2.53. The Morgan fingerprint density at radius 3 is 2.29 bits per heavy atom. The lowest BCUT2D eigenvalue weighted by atomic mass is 9.58. The molecule has 2 aliphatic heterocycles. The van der Waals surface area contributed by atoms with Gasteiger partial charge in [0.1, 0.15) is 0 Å². The number of anilines is 1. The van der Waals surface area contributed by atoms with Gasteiger partial charge in [0.05, 0.1) is 28.4 Å². The summed E-state index contributed by atoms with van der Waals surface area (Å²) in [5, 5.41) is 11.1. The molecule has 0 N–H and O–H groups in total. The van der Waals surface area contributed by atoms with Gasteiger partial charge < -0.3 is 14.5 Å². The molecule has 3 aromatic rings. The molecule has 0 bridgehead atoms. The van der Waals surface area contributed by atoms with Crippen LogP contribution in [0, 0.1) is 35.0 Å². The number of benzene rings is 2. The van der Waals surface area contributed by atoms with Crippen LogP contribution in [0.2, 0.25) is 0 Å². The first-order chi connectivity index (χ1) is 23.3. The molecule has 1 aliphatic carbocycles. The molecular formula is C39H48N4O4S. The van der Waals surface area contributed by atoms with Gasteiger partial charge in [-0.25, -0.2) is 8.42 Å². The van der Waals surface area contributed by atoms with Gasteiger partial charge >= 0.3 is 5.97 Å². The van der Waals surface area contributed by atoms with Crippen molar-refractivity contribution in [2.45, 2.75) is 73.0 Å². The molecule has 0 amide bonds. The largest absolute Gasteiger partial charge is 0.469 e. The fourth-order valence-corrected chi connectivity index (χ4v) is 10.0. The van der Waals surface area contributed by atoms with Crippen LogP contribution in [-0.4, -0.2) is 64.1 Å². The summed E-state index contributed by atoms with van der Waals surface area (Å²) in [5.74, 6) is 1.60. The summed E-state index contributed by atoms with van der Waals surface area (Å²) in [7, 11) is -2.10. The maximum Gasteiger partial charge on any atom is 0.305 e. The molecule has 1 aromatic heterocycles. The van der Waals surface area contributed by atoms with Crippen molar-refractivity contribution >= 4 is 21.5 Å². The van der Waals surface area contributed by atoms with Crippen molar-refractivity contribution in [1.29, 1.82) is 5.26 Å². The van der Waals surface area contributed by atoms with E-state index in [1.165, 1.54) is 50.0 Å². The van der Waals surface area contributed by atoms with E-state index in [1.54, 1.807) is 12.1 Å². The summed E-state index contributed by atoms with van der Waals surface area (Å²) in [4.78, 5) is 21.0. The van der Waals surface area contributed by atoms with Gasteiger partial charge in [0, 0.05) is 50.1 Å². The van der Waals surface area contributed by atoms with E-state index in [2.05, 4.69) is 45.1 Å². The number of ether oxygens (including phenoxy) is 1. The second-order valence-corrected chi connectivity index (χ2v) is 15.9. The number of likely N-dealkylation sites (tertiary alicyclic amines) is 1. The van der Waals surface area contributed by atoms with Gasteiger partial charge in [-0.3, -0.25) is 9.78 Å². The predicted molar refractivity (Wildman–Crippen MR) is 186 cm³/mol. The van der Waals surface area contributed by atoms with Crippen molar-refractivity contribution in [3.63, 3.8) is 0 Å². The Morgan fingerprint density at radius 1 is 0.938 bits per heavy atom. The number of sulfone groups is 1. The first kappa shape index (κ1) is 34.1. The van der Waals surface area contributed by atoms with E-state index < -0.39 is 15.3 Å². The van der Waals surface area contributed by atoms with Gasteiger partial charge in [0.2, 0.25) is 9.84 Å². The Labute approximate surface area is 286 Å². The minimum absolute atomic E-state index is 0.140. The highest BCUT2D eigenvalue weighted by Gasteiger charge is 2.51. The third-order valence-electron chi connectivity index (χ3n) is 11.3. The quantitative estimate of drug-likeness (QED) is 0.147. The zero-order valence-electron chi connectivity index (χ0n) is 28.0. The molecule has 6 rings (SSSR count). The second kappa shape index (κ2) is 15.2. The number of nitriles is 1. The number of esters is 1. The van der Waals surface area contributed by atoms with Gasteiger partial charge in [-0.1, -0.05) is 56.0 Å². The number of rotatable bonds is 13. The van der Waals surface area contributed by atoms with E-state index >= 15 is 0 Å². The molecule has 1 saturated carbocycles. The third-order valence-corrected chi connectivity index (χ3v) is 13.1. The van der Waals surface area contributed by atoms with E-state index in [0.717, 1.165) is 76.9 Å². The van der Waals surface area contributed by atoms with E-state index in [-0.39, 0.29) is 10.9 Å². The van der Waals surface area contributed by atoms with Crippen LogP contribution in [-0.2, 0) is 24.8 Å². The Morgan fingerprint density at radius 2 is 1.62 bits per heavy atom. The number of aromatic nitrogens is 1. The van der Waals surface area contributed by atoms with Crippen molar-refractivity contribution in [2.75, 3.05) is 44.7 Å². The molecule has 1 unspecified atom stereocenters. The topological polar surface area (TPSA) is 104 Å². The Hall–Kier alpha value is -3.74. The summed E-state index contributed by atoms with van der Waals surface area (Å²) >= 11 is 0. The van der Waals surface area contributed by atoms with Crippen LogP contribution in [0.15, 0.2) is 88.9 Å². The predicted octanol–water partition coefficient (Wildman–Crippen LogP) is 6.67. The zero-order chi connectivity index (χ0) is 33.6. The number of pyridine rings is 1. The van der Waals surface area contributed by atoms with Crippen LogP contribution in [0.25, 0.3) is 0 Å². The summed E-state index contributed by atoms with van der Waals surface area (Å²) in [6, 6.07) is 23.9. The third kappa shape index (κ3) is 7.16. The minimum Gasteiger partial charge on any atom is -0.469 e. The standard InChI is InChI=1S/C39H48N4O4S/c1-47-38(44)13-6-5-8-31-9-7-12-37(31)39(29-40,32-10-3-2-4-11-32)33-20-24-42(25-21-33)26-30-27-43(28-30)34-14-16-35(17-15-34)48(45,46)36-18-22-41-23-19-36/h2-4,10-11,14-19,22-23,30-31,33,37H,5-9,12-13,20-21,24-28H2,1H3/t31-,37-,39?/m0/s1. The van der Waals surface area contributed by atoms with E-state index in [0.29, 0.717) is 35.0 Å². The second-order valence-electron chi connectivity index (χ2n) is 14.0. The Kier molecular flexibility index (Phi) is 10.8. The van der Waals surface area contributed by atoms with E-state index in [1.807, 2.05) is 18.2 Å². The minimum atomic E-state index is -3.55. The zero-order valence-corrected chi connectivity index (χ0v) is 28.9. The van der Waals surface area contributed by atoms with Gasteiger partial charge in [-0.05, 0) is 98.5 Å². The Bertz CT molecular complexity index is 1650. The number of carbonyl (C=O) groups excluding carboxylic acids is 1. The number of hydrogen-bond donors (Lipinski definition) is 0.